The van der Waals surface area contributed by atoms with Crippen molar-refractivity contribution < 1.29 is 0 Å². The lowest BCUT2D eigenvalue weighted by Crippen LogP contribution is -2.42. The Morgan fingerprint density at radius 3 is 2.68 bits per heavy atom. The van der Waals surface area contributed by atoms with Crippen molar-refractivity contribution in [1.29, 1.82) is 0 Å². The lowest BCUT2D eigenvalue weighted by atomic mass is 9.64. The van der Waals surface area contributed by atoms with E-state index < -0.39 is 0 Å². The molecule has 1 unspecified atom stereocenters. The molecular weight excluding hydrogens is 372 g/mol. The number of nitrogens with zero attached hydrogens (tertiary/aromatic N) is 1. The molecule has 1 aliphatic carbocycles. The van der Waals surface area contributed by atoms with Crippen molar-refractivity contribution in [3.05, 3.63) is 62.9 Å². The van der Waals surface area contributed by atoms with Gasteiger partial charge in [-0.1, -0.05) is 25.1 Å². The fourth-order valence-electron chi connectivity index (χ4n) is 4.93. The van der Waals surface area contributed by atoms with Gasteiger partial charge in [-0.05, 0) is 102 Å². The molecular formula is C22H27BrN2. The Balaban J connectivity index is 1.93. The molecule has 0 spiro atoms. The summed E-state index contributed by atoms with van der Waals surface area (Å²) < 4.78 is 1.10. The molecule has 2 nitrogen and oxygen atoms in total. The van der Waals surface area contributed by atoms with Crippen LogP contribution in [0.5, 0.6) is 0 Å². The van der Waals surface area contributed by atoms with E-state index in [2.05, 4.69) is 59.4 Å². The Morgan fingerprint density at radius 1 is 1.16 bits per heavy atom. The van der Waals surface area contributed by atoms with Crippen molar-refractivity contribution >= 4 is 15.9 Å². The number of fused-ring (bicyclic) bond motifs is 2. The summed E-state index contributed by atoms with van der Waals surface area (Å²) in [6.45, 7) is 6.94. The number of nitrogens with one attached hydrogen (secondary N) is 1. The molecule has 2 aliphatic rings. The van der Waals surface area contributed by atoms with Gasteiger partial charge < -0.3 is 5.32 Å². The highest BCUT2D eigenvalue weighted by Gasteiger charge is 2.43. The first-order valence-electron chi connectivity index (χ1n) is 9.60. The first-order valence-corrected chi connectivity index (χ1v) is 10.4. The number of pyridine rings is 1. The number of aryl methyl sites for hydroxylation is 3. The van der Waals surface area contributed by atoms with E-state index in [4.69, 9.17) is 4.98 Å². The standard InChI is InChI=1S/C22H27BrN2/c1-3-15-4-7-20-16(12-15)5-6-17-13-19(23)14-25-21(17)22(20,2)18-8-10-24-11-9-18/h4,7,12-14,18,24H,3,5-6,8-11H2,1-2H3. The van der Waals surface area contributed by atoms with Crippen LogP contribution in [0.1, 0.15) is 54.6 Å². The molecule has 2 heterocycles. The maximum Gasteiger partial charge on any atom is 0.0542 e. The van der Waals surface area contributed by atoms with Crippen molar-refractivity contribution in [2.24, 2.45) is 5.92 Å². The Labute approximate surface area is 159 Å². The maximum atomic E-state index is 4.98. The molecule has 1 aromatic carbocycles. The Hall–Kier alpha value is -1.19. The number of halogens is 1. The summed E-state index contributed by atoms with van der Waals surface area (Å²) in [5.74, 6) is 0.644. The summed E-state index contributed by atoms with van der Waals surface area (Å²) in [4.78, 5) is 4.98. The van der Waals surface area contributed by atoms with Gasteiger partial charge in [-0.15, -0.1) is 0 Å². The second kappa shape index (κ2) is 6.85. The van der Waals surface area contributed by atoms with E-state index in [-0.39, 0.29) is 5.41 Å². The molecule has 1 fully saturated rings. The van der Waals surface area contributed by atoms with Crippen LogP contribution in [0.3, 0.4) is 0 Å². The summed E-state index contributed by atoms with van der Waals surface area (Å²) in [5, 5.41) is 3.53. The van der Waals surface area contributed by atoms with Crippen molar-refractivity contribution in [3.63, 3.8) is 0 Å². The lowest BCUT2D eigenvalue weighted by Gasteiger charge is -2.41. The van der Waals surface area contributed by atoms with Gasteiger partial charge >= 0.3 is 0 Å². The minimum Gasteiger partial charge on any atom is -0.317 e. The number of hydrogen-bond donors (Lipinski definition) is 1. The molecule has 1 saturated heterocycles. The van der Waals surface area contributed by atoms with E-state index in [1.807, 2.05) is 6.20 Å². The third-order valence-electron chi connectivity index (χ3n) is 6.38. The first-order chi connectivity index (χ1) is 12.1. The predicted octanol–water partition coefficient (Wildman–Crippen LogP) is 4.81. The molecule has 1 aliphatic heterocycles. The average molecular weight is 399 g/mol. The molecule has 25 heavy (non-hydrogen) atoms. The predicted molar refractivity (Wildman–Crippen MR) is 107 cm³/mol. The van der Waals surface area contributed by atoms with Crippen molar-refractivity contribution in [2.45, 2.75) is 51.4 Å². The Kier molecular flexibility index (Phi) is 4.72. The minimum atomic E-state index is 0.0102. The molecule has 0 bridgehead atoms. The molecule has 4 rings (SSSR count). The monoisotopic (exact) mass is 398 g/mol. The maximum absolute atomic E-state index is 4.98. The number of hydrogen-bond acceptors (Lipinski definition) is 2. The Morgan fingerprint density at radius 2 is 1.92 bits per heavy atom. The van der Waals surface area contributed by atoms with Gasteiger partial charge in [0.05, 0.1) is 5.69 Å². The minimum absolute atomic E-state index is 0.0102. The van der Waals surface area contributed by atoms with Crippen LogP contribution in [0.4, 0.5) is 0 Å². The number of piperidine rings is 1. The molecule has 0 saturated carbocycles. The van der Waals surface area contributed by atoms with Crippen LogP contribution in [0.2, 0.25) is 0 Å². The van der Waals surface area contributed by atoms with Crippen LogP contribution in [0.15, 0.2) is 34.9 Å². The fourth-order valence-corrected chi connectivity index (χ4v) is 5.31. The summed E-state index contributed by atoms with van der Waals surface area (Å²) in [6, 6.07) is 9.50. The second-order valence-electron chi connectivity index (χ2n) is 7.73. The van der Waals surface area contributed by atoms with Gasteiger partial charge in [-0.3, -0.25) is 4.98 Å². The highest BCUT2D eigenvalue weighted by atomic mass is 79.9. The van der Waals surface area contributed by atoms with Gasteiger partial charge in [0.2, 0.25) is 0 Å². The molecule has 2 aromatic rings. The van der Waals surface area contributed by atoms with E-state index >= 15 is 0 Å². The Bertz CT molecular complexity index is 780. The summed E-state index contributed by atoms with van der Waals surface area (Å²) in [6.07, 6.45) is 7.75. The van der Waals surface area contributed by atoms with Gasteiger partial charge in [0.1, 0.15) is 0 Å². The van der Waals surface area contributed by atoms with Gasteiger partial charge in [0.15, 0.2) is 0 Å². The zero-order valence-corrected chi connectivity index (χ0v) is 16.8. The van der Waals surface area contributed by atoms with E-state index in [0.717, 1.165) is 36.8 Å². The third-order valence-corrected chi connectivity index (χ3v) is 6.82. The zero-order chi connectivity index (χ0) is 17.4. The van der Waals surface area contributed by atoms with Gasteiger partial charge in [0, 0.05) is 16.1 Å². The number of rotatable bonds is 2. The molecule has 1 atom stereocenters. The van der Waals surface area contributed by atoms with Crippen LogP contribution in [0.25, 0.3) is 0 Å². The van der Waals surface area contributed by atoms with Gasteiger partial charge in [-0.25, -0.2) is 0 Å². The molecule has 0 amide bonds. The number of aromatic nitrogens is 1. The van der Waals surface area contributed by atoms with Crippen molar-refractivity contribution in [1.82, 2.24) is 10.3 Å². The van der Waals surface area contributed by atoms with Gasteiger partial charge in [0.25, 0.3) is 0 Å². The van der Waals surface area contributed by atoms with Crippen LogP contribution >= 0.6 is 15.9 Å². The normalized spacial score (nSPS) is 23.6. The topological polar surface area (TPSA) is 24.9 Å². The van der Waals surface area contributed by atoms with Crippen LogP contribution in [-0.2, 0) is 24.7 Å². The molecule has 132 valence electrons. The van der Waals surface area contributed by atoms with Crippen LogP contribution in [-0.4, -0.2) is 18.1 Å². The zero-order valence-electron chi connectivity index (χ0n) is 15.2. The van der Waals surface area contributed by atoms with Crippen LogP contribution in [0, 0.1) is 5.92 Å². The largest absolute Gasteiger partial charge is 0.317 e. The second-order valence-corrected chi connectivity index (χ2v) is 8.65. The fraction of sp³-hybridized carbons (Fsp3) is 0.500. The number of benzene rings is 1. The first kappa shape index (κ1) is 17.2. The van der Waals surface area contributed by atoms with E-state index in [1.54, 1.807) is 0 Å². The van der Waals surface area contributed by atoms with Gasteiger partial charge in [-0.2, -0.15) is 0 Å². The quantitative estimate of drug-likeness (QED) is 0.784. The van der Waals surface area contributed by atoms with Crippen molar-refractivity contribution in [3.8, 4) is 0 Å². The lowest BCUT2D eigenvalue weighted by molar-refractivity contribution is 0.260. The highest BCUT2D eigenvalue weighted by molar-refractivity contribution is 9.10. The van der Waals surface area contributed by atoms with E-state index in [1.165, 1.54) is 40.8 Å². The van der Waals surface area contributed by atoms with Crippen molar-refractivity contribution in [2.75, 3.05) is 13.1 Å². The molecule has 1 aromatic heterocycles. The third kappa shape index (κ3) is 2.96. The highest BCUT2D eigenvalue weighted by Crippen LogP contribution is 2.47. The SMILES string of the molecule is CCc1ccc2c(c1)CCc1cc(Br)cnc1C2(C)C1CCNCC1. The summed E-state index contributed by atoms with van der Waals surface area (Å²) in [7, 11) is 0. The molecule has 1 N–H and O–H groups in total. The van der Waals surface area contributed by atoms with Crippen LogP contribution < -0.4 is 5.32 Å². The smallest absolute Gasteiger partial charge is 0.0542 e. The van der Waals surface area contributed by atoms with E-state index in [9.17, 15) is 0 Å². The van der Waals surface area contributed by atoms with E-state index in [0.29, 0.717) is 5.92 Å². The average Bonchev–Trinajstić information content (AvgIpc) is 2.77. The summed E-state index contributed by atoms with van der Waals surface area (Å²) in [5.41, 5.74) is 7.25. The summed E-state index contributed by atoms with van der Waals surface area (Å²) >= 11 is 3.63. The molecule has 3 heteroatoms. The molecule has 0 radical (unpaired) electrons.